The topological polar surface area (TPSA) is 152 Å². The number of rotatable bonds is 9. The molecule has 2 atom stereocenters. The number of nitrogens with zero attached hydrogens (tertiary/aromatic N) is 6. The third-order valence-electron chi connectivity index (χ3n) is 5.77. The number of hydrogen-bond acceptors (Lipinski definition) is 10. The maximum absolute atomic E-state index is 15.0. The van der Waals surface area contributed by atoms with Gasteiger partial charge < -0.3 is 25.4 Å². The Morgan fingerprint density at radius 1 is 1.29 bits per heavy atom. The van der Waals surface area contributed by atoms with Crippen LogP contribution < -0.4 is 20.7 Å². The van der Waals surface area contributed by atoms with E-state index in [-0.39, 0.29) is 35.2 Å². The van der Waals surface area contributed by atoms with Gasteiger partial charge in [0.1, 0.15) is 17.4 Å². The highest BCUT2D eigenvalue weighted by Crippen LogP contribution is 2.35. The summed E-state index contributed by atoms with van der Waals surface area (Å²) in [7, 11) is 1.48. The third kappa shape index (κ3) is 6.44. The Labute approximate surface area is 219 Å². The van der Waals surface area contributed by atoms with Gasteiger partial charge in [-0.2, -0.15) is 5.26 Å². The van der Waals surface area contributed by atoms with E-state index in [1.807, 2.05) is 13.0 Å². The van der Waals surface area contributed by atoms with Crippen LogP contribution in [0.1, 0.15) is 46.1 Å². The minimum absolute atomic E-state index is 0.00412. The Kier molecular flexibility index (Phi) is 7.61. The van der Waals surface area contributed by atoms with E-state index in [2.05, 4.69) is 36.2 Å². The molecule has 1 aliphatic carbocycles. The lowest BCUT2D eigenvalue weighted by Gasteiger charge is -2.28. The maximum atomic E-state index is 15.0. The molecule has 0 bridgehead atoms. The number of carbonyl (C=O) groups excluding carboxylic acids is 1. The fraction of sp³-hybridized carbons (Fsp3) is 0.440. The predicted molar refractivity (Wildman–Crippen MR) is 137 cm³/mol. The Morgan fingerprint density at radius 3 is 2.66 bits per heavy atom. The summed E-state index contributed by atoms with van der Waals surface area (Å²) in [5.74, 6) is -0.0724. The zero-order valence-corrected chi connectivity index (χ0v) is 21.8. The average molecular weight is 524 g/mol. The number of nitriles is 1. The number of hydrogen-bond donors (Lipinski definition) is 3. The van der Waals surface area contributed by atoms with Crippen molar-refractivity contribution in [3.63, 3.8) is 0 Å². The highest BCUT2D eigenvalue weighted by molar-refractivity contribution is 5.69. The number of anilines is 3. The van der Waals surface area contributed by atoms with Gasteiger partial charge >= 0.3 is 6.09 Å². The lowest BCUT2D eigenvalue weighted by molar-refractivity contribution is 0.0493. The SMILES string of the molecule is COc1ncc(Nc2nc(N[C@H](C)[C@@H](NC(=O)OC(C)(C)C)C3CC3)c(F)cc2C#N)cc1-n1ccnn1. The number of nitrogens with one attached hydrogen (secondary N) is 3. The van der Waals surface area contributed by atoms with Gasteiger partial charge in [0.05, 0.1) is 43.0 Å². The lowest BCUT2D eigenvalue weighted by atomic mass is 10.1. The van der Waals surface area contributed by atoms with Crippen molar-refractivity contribution in [3.05, 3.63) is 42.1 Å². The third-order valence-corrected chi connectivity index (χ3v) is 5.77. The zero-order chi connectivity index (χ0) is 27.4. The summed E-state index contributed by atoms with van der Waals surface area (Å²) in [6, 6.07) is 4.08. The number of pyridine rings is 2. The second kappa shape index (κ2) is 10.9. The molecule has 13 heteroatoms. The quantitative estimate of drug-likeness (QED) is 0.376. The van der Waals surface area contributed by atoms with Crippen LogP contribution in [0.2, 0.25) is 0 Å². The monoisotopic (exact) mass is 523 g/mol. The molecule has 3 aromatic heterocycles. The number of carbonyl (C=O) groups is 1. The van der Waals surface area contributed by atoms with Gasteiger partial charge in [0.25, 0.3) is 0 Å². The van der Waals surface area contributed by atoms with Crippen molar-refractivity contribution in [2.24, 2.45) is 5.92 Å². The number of halogens is 1. The number of aromatic nitrogens is 5. The summed E-state index contributed by atoms with van der Waals surface area (Å²) >= 11 is 0. The van der Waals surface area contributed by atoms with Gasteiger partial charge in [0.15, 0.2) is 17.5 Å². The standard InChI is InChI=1S/C25H30FN9O3/c1-14(20(15-6-7-15)32-24(36)38-25(2,3)4)30-22-18(26)10-16(12-27)21(33-22)31-17-11-19(23(37-5)28-13-17)35-9-8-29-34-35/h8-11,13-15,20H,6-7H2,1-5H3,(H,32,36)(H2,30,31,33)/t14-,20-/m1/s1. The highest BCUT2D eigenvalue weighted by Gasteiger charge is 2.37. The summed E-state index contributed by atoms with van der Waals surface area (Å²) in [6.45, 7) is 7.21. The first-order valence-electron chi connectivity index (χ1n) is 12.1. The molecule has 0 aliphatic heterocycles. The van der Waals surface area contributed by atoms with Gasteiger partial charge in [-0.05, 0) is 58.6 Å². The first kappa shape index (κ1) is 26.6. The van der Waals surface area contributed by atoms with E-state index in [9.17, 15) is 14.4 Å². The Hall–Kier alpha value is -4.47. The molecule has 1 fully saturated rings. The fourth-order valence-electron chi connectivity index (χ4n) is 3.93. The van der Waals surface area contributed by atoms with Crippen LogP contribution in [0.5, 0.6) is 5.88 Å². The molecular formula is C25H30FN9O3. The molecule has 0 aromatic carbocycles. The largest absolute Gasteiger partial charge is 0.479 e. The van der Waals surface area contributed by atoms with Crippen molar-refractivity contribution in [1.29, 1.82) is 5.26 Å². The molecule has 3 heterocycles. The number of alkyl carbamates (subject to hydrolysis) is 1. The molecule has 0 saturated heterocycles. The fourth-order valence-corrected chi connectivity index (χ4v) is 3.93. The van der Waals surface area contributed by atoms with Crippen LogP contribution >= 0.6 is 0 Å². The van der Waals surface area contributed by atoms with E-state index in [4.69, 9.17) is 9.47 Å². The highest BCUT2D eigenvalue weighted by atomic mass is 19.1. The zero-order valence-electron chi connectivity index (χ0n) is 21.8. The maximum Gasteiger partial charge on any atom is 0.407 e. The molecule has 3 N–H and O–H groups in total. The van der Waals surface area contributed by atoms with Crippen LogP contribution in [0.15, 0.2) is 30.7 Å². The van der Waals surface area contributed by atoms with E-state index < -0.39 is 17.5 Å². The molecule has 12 nitrogen and oxygen atoms in total. The van der Waals surface area contributed by atoms with Gasteiger partial charge in [0.2, 0.25) is 5.88 Å². The molecule has 1 saturated carbocycles. The summed E-state index contributed by atoms with van der Waals surface area (Å²) in [4.78, 5) is 21.0. The van der Waals surface area contributed by atoms with Gasteiger partial charge in [-0.15, -0.1) is 5.10 Å². The van der Waals surface area contributed by atoms with Crippen molar-refractivity contribution in [2.75, 3.05) is 17.7 Å². The Bertz CT molecular complexity index is 1330. The molecule has 1 amide bonds. The molecule has 0 radical (unpaired) electrons. The van der Waals surface area contributed by atoms with E-state index in [1.54, 1.807) is 33.0 Å². The molecule has 200 valence electrons. The van der Waals surface area contributed by atoms with Crippen LogP contribution in [-0.4, -0.2) is 55.8 Å². The number of amides is 1. The van der Waals surface area contributed by atoms with Crippen molar-refractivity contribution in [3.8, 4) is 17.6 Å². The van der Waals surface area contributed by atoms with E-state index in [1.165, 1.54) is 24.2 Å². The summed E-state index contributed by atoms with van der Waals surface area (Å²) < 4.78 is 27.1. The summed E-state index contributed by atoms with van der Waals surface area (Å²) in [6.07, 6.45) is 6.00. The van der Waals surface area contributed by atoms with Gasteiger partial charge in [-0.25, -0.2) is 23.8 Å². The average Bonchev–Trinajstić information content (AvgIpc) is 3.55. The van der Waals surface area contributed by atoms with Crippen LogP contribution in [0, 0.1) is 23.1 Å². The Balaban J connectivity index is 1.56. The summed E-state index contributed by atoms with van der Waals surface area (Å²) in [5, 5.41) is 26.4. The molecule has 0 unspecified atom stereocenters. The van der Waals surface area contributed by atoms with Crippen molar-refractivity contribution in [2.45, 2.75) is 58.2 Å². The first-order chi connectivity index (χ1) is 18.1. The van der Waals surface area contributed by atoms with Crippen molar-refractivity contribution < 1.29 is 18.7 Å². The van der Waals surface area contributed by atoms with Crippen molar-refractivity contribution in [1.82, 2.24) is 30.3 Å². The molecule has 1 aliphatic rings. The van der Waals surface area contributed by atoms with Crippen molar-refractivity contribution >= 4 is 23.4 Å². The van der Waals surface area contributed by atoms with E-state index >= 15 is 0 Å². The minimum Gasteiger partial charge on any atom is -0.479 e. The first-order valence-corrected chi connectivity index (χ1v) is 12.1. The number of methoxy groups -OCH3 is 1. The van der Waals surface area contributed by atoms with Gasteiger partial charge in [-0.3, -0.25) is 0 Å². The smallest absolute Gasteiger partial charge is 0.407 e. The normalized spacial score (nSPS) is 14.7. The summed E-state index contributed by atoms with van der Waals surface area (Å²) in [5.41, 5.74) is 0.334. The van der Waals surface area contributed by atoms with Gasteiger partial charge in [0, 0.05) is 6.04 Å². The minimum atomic E-state index is -0.693. The Morgan fingerprint density at radius 2 is 2.05 bits per heavy atom. The van der Waals surface area contributed by atoms with Gasteiger partial charge in [-0.1, -0.05) is 5.21 Å². The van der Waals surface area contributed by atoms with E-state index in [0.717, 1.165) is 18.9 Å². The molecule has 4 rings (SSSR count). The lowest BCUT2D eigenvalue weighted by Crippen LogP contribution is -2.48. The molecule has 0 spiro atoms. The van der Waals surface area contributed by atoms with E-state index in [0.29, 0.717) is 17.3 Å². The van der Waals surface area contributed by atoms with Crippen LogP contribution in [0.4, 0.5) is 26.5 Å². The second-order valence-electron chi connectivity index (χ2n) is 9.99. The van der Waals surface area contributed by atoms with Crippen LogP contribution in [0.3, 0.4) is 0 Å². The molecule has 38 heavy (non-hydrogen) atoms. The molecular weight excluding hydrogens is 493 g/mol. The molecule has 3 aromatic rings. The predicted octanol–water partition coefficient (Wildman–Crippen LogP) is 3.92. The van der Waals surface area contributed by atoms with Crippen LogP contribution in [0.25, 0.3) is 5.69 Å². The number of ether oxygens (including phenoxy) is 2. The second-order valence-corrected chi connectivity index (χ2v) is 9.99. The van der Waals surface area contributed by atoms with Crippen LogP contribution in [-0.2, 0) is 4.74 Å².